The third-order valence-corrected chi connectivity index (χ3v) is 3.91. The van der Waals surface area contributed by atoms with E-state index in [1.54, 1.807) is 18.2 Å². The number of rotatable bonds is 2. The van der Waals surface area contributed by atoms with Crippen LogP contribution in [0.5, 0.6) is 5.75 Å². The van der Waals surface area contributed by atoms with Crippen LogP contribution in [0.2, 0.25) is 0 Å². The lowest BCUT2D eigenvalue weighted by molar-refractivity contribution is 0.426. The number of hydrogen-bond acceptors (Lipinski definition) is 4. The van der Waals surface area contributed by atoms with Crippen LogP contribution in [0.25, 0.3) is 33.6 Å². The maximum Gasteiger partial charge on any atom is 0.262 e. The minimum absolute atomic E-state index is 0.0358. The number of phenolic OH excluding ortho intramolecular Hbond substituents is 1. The number of phenols is 1. The second-order valence-electron chi connectivity index (χ2n) is 5.59. The van der Waals surface area contributed by atoms with Crippen LogP contribution in [0.1, 0.15) is 5.56 Å². The lowest BCUT2D eigenvalue weighted by Crippen LogP contribution is -1.88. The Morgan fingerprint density at radius 1 is 1.04 bits per heavy atom. The Kier molecular flexibility index (Phi) is 3.27. The number of halogens is 1. The standard InChI is InChI=1S/C19H13FN2O2/c1-11-6-8-15(20)14(10-11)18-21-19(24-22-18)17-13-5-3-2-4-12(13)7-9-16(17)23/h2-10,23H,1H3. The number of hydrogen-bond donors (Lipinski definition) is 1. The van der Waals surface area contributed by atoms with Gasteiger partial charge >= 0.3 is 0 Å². The van der Waals surface area contributed by atoms with E-state index in [0.29, 0.717) is 5.56 Å². The maximum atomic E-state index is 14.0. The molecule has 118 valence electrons. The van der Waals surface area contributed by atoms with Crippen molar-refractivity contribution >= 4 is 10.8 Å². The van der Waals surface area contributed by atoms with Crippen molar-refractivity contribution < 1.29 is 14.0 Å². The summed E-state index contributed by atoms with van der Waals surface area (Å²) in [6, 6.07) is 15.7. The predicted molar refractivity (Wildman–Crippen MR) is 89.0 cm³/mol. The zero-order valence-electron chi connectivity index (χ0n) is 12.8. The molecule has 0 fully saturated rings. The highest BCUT2D eigenvalue weighted by molar-refractivity contribution is 5.97. The van der Waals surface area contributed by atoms with E-state index in [2.05, 4.69) is 10.1 Å². The highest BCUT2D eigenvalue weighted by Crippen LogP contribution is 2.36. The van der Waals surface area contributed by atoms with Gasteiger partial charge in [0.2, 0.25) is 5.82 Å². The molecule has 0 radical (unpaired) electrons. The van der Waals surface area contributed by atoms with Gasteiger partial charge in [-0.3, -0.25) is 0 Å². The molecule has 4 nitrogen and oxygen atoms in total. The van der Waals surface area contributed by atoms with Crippen molar-refractivity contribution in [2.45, 2.75) is 6.92 Å². The molecule has 0 saturated heterocycles. The second kappa shape index (κ2) is 5.45. The Bertz CT molecular complexity index is 1060. The first kappa shape index (κ1) is 14.4. The lowest BCUT2D eigenvalue weighted by atomic mass is 10.0. The van der Waals surface area contributed by atoms with Gasteiger partial charge in [0.25, 0.3) is 5.89 Å². The summed E-state index contributed by atoms with van der Waals surface area (Å²) in [6.45, 7) is 1.86. The molecule has 0 amide bonds. The Labute approximate surface area is 137 Å². The minimum atomic E-state index is -0.421. The van der Waals surface area contributed by atoms with Gasteiger partial charge in [0, 0.05) is 0 Å². The monoisotopic (exact) mass is 320 g/mol. The van der Waals surface area contributed by atoms with E-state index in [1.807, 2.05) is 37.3 Å². The fraction of sp³-hybridized carbons (Fsp3) is 0.0526. The van der Waals surface area contributed by atoms with Gasteiger partial charge in [-0.15, -0.1) is 0 Å². The molecule has 0 bridgehead atoms. The first-order chi connectivity index (χ1) is 11.6. The fourth-order valence-corrected chi connectivity index (χ4v) is 2.73. The number of aromatic hydroxyl groups is 1. The molecule has 4 aromatic rings. The molecule has 1 aromatic heterocycles. The van der Waals surface area contributed by atoms with E-state index in [4.69, 9.17) is 4.52 Å². The molecule has 0 atom stereocenters. The minimum Gasteiger partial charge on any atom is -0.507 e. The molecule has 0 saturated carbocycles. The molecule has 0 aliphatic heterocycles. The number of aryl methyl sites for hydroxylation is 1. The van der Waals surface area contributed by atoms with Crippen LogP contribution in [0.3, 0.4) is 0 Å². The van der Waals surface area contributed by atoms with Crippen LogP contribution in [0, 0.1) is 12.7 Å². The SMILES string of the molecule is Cc1ccc(F)c(-c2noc(-c3c(O)ccc4ccccc34)n2)c1. The summed E-state index contributed by atoms with van der Waals surface area (Å²) >= 11 is 0. The molecule has 0 unspecified atom stereocenters. The van der Waals surface area contributed by atoms with Crippen molar-refractivity contribution in [3.8, 4) is 28.6 Å². The Hall–Kier alpha value is -3.21. The molecule has 3 aromatic carbocycles. The van der Waals surface area contributed by atoms with Gasteiger partial charge in [0.1, 0.15) is 11.6 Å². The summed E-state index contributed by atoms with van der Waals surface area (Å²) in [4.78, 5) is 4.29. The number of fused-ring (bicyclic) bond motifs is 1. The van der Waals surface area contributed by atoms with Gasteiger partial charge in [-0.1, -0.05) is 47.1 Å². The van der Waals surface area contributed by atoms with Crippen molar-refractivity contribution in [3.05, 3.63) is 66.0 Å². The third-order valence-electron chi connectivity index (χ3n) is 3.91. The van der Waals surface area contributed by atoms with Crippen molar-refractivity contribution in [2.24, 2.45) is 0 Å². The average Bonchev–Trinajstić information content (AvgIpc) is 3.06. The molecule has 0 aliphatic carbocycles. The highest BCUT2D eigenvalue weighted by atomic mass is 19.1. The first-order valence-electron chi connectivity index (χ1n) is 7.45. The summed E-state index contributed by atoms with van der Waals surface area (Å²) in [6.07, 6.45) is 0. The van der Waals surface area contributed by atoms with E-state index < -0.39 is 5.82 Å². The fourth-order valence-electron chi connectivity index (χ4n) is 2.73. The topological polar surface area (TPSA) is 59.2 Å². The van der Waals surface area contributed by atoms with Crippen LogP contribution >= 0.6 is 0 Å². The van der Waals surface area contributed by atoms with E-state index in [1.165, 1.54) is 6.07 Å². The van der Waals surface area contributed by atoms with Crippen LogP contribution in [0.15, 0.2) is 59.1 Å². The van der Waals surface area contributed by atoms with Gasteiger partial charge in [0.05, 0.1) is 11.1 Å². The predicted octanol–water partition coefficient (Wildman–Crippen LogP) is 4.71. The normalized spacial score (nSPS) is 11.1. The summed E-state index contributed by atoms with van der Waals surface area (Å²) < 4.78 is 19.3. The first-order valence-corrected chi connectivity index (χ1v) is 7.45. The lowest BCUT2D eigenvalue weighted by Gasteiger charge is -2.04. The number of aromatic nitrogens is 2. The van der Waals surface area contributed by atoms with Crippen LogP contribution in [-0.4, -0.2) is 15.2 Å². The third kappa shape index (κ3) is 2.31. The zero-order chi connectivity index (χ0) is 16.7. The second-order valence-corrected chi connectivity index (χ2v) is 5.59. The van der Waals surface area contributed by atoms with Crippen LogP contribution < -0.4 is 0 Å². The van der Waals surface area contributed by atoms with E-state index in [0.717, 1.165) is 16.3 Å². The molecule has 1 N–H and O–H groups in total. The molecule has 0 aliphatic rings. The van der Waals surface area contributed by atoms with Gasteiger partial charge in [-0.25, -0.2) is 4.39 Å². The van der Waals surface area contributed by atoms with Crippen LogP contribution in [0.4, 0.5) is 4.39 Å². The number of benzene rings is 3. The van der Waals surface area contributed by atoms with E-state index in [-0.39, 0.29) is 23.0 Å². The summed E-state index contributed by atoms with van der Waals surface area (Å²) in [5.74, 6) is -0.0811. The molecule has 1 heterocycles. The quantitative estimate of drug-likeness (QED) is 0.581. The molecule has 5 heteroatoms. The Balaban J connectivity index is 1.90. The average molecular weight is 320 g/mol. The van der Waals surface area contributed by atoms with Crippen molar-refractivity contribution in [2.75, 3.05) is 0 Å². The Morgan fingerprint density at radius 2 is 1.88 bits per heavy atom. The van der Waals surface area contributed by atoms with Gasteiger partial charge < -0.3 is 9.63 Å². The van der Waals surface area contributed by atoms with Gasteiger partial charge in [-0.2, -0.15) is 4.98 Å². The molecule has 24 heavy (non-hydrogen) atoms. The van der Waals surface area contributed by atoms with Gasteiger partial charge in [0.15, 0.2) is 0 Å². The highest BCUT2D eigenvalue weighted by Gasteiger charge is 2.18. The smallest absolute Gasteiger partial charge is 0.262 e. The molecular weight excluding hydrogens is 307 g/mol. The van der Waals surface area contributed by atoms with Gasteiger partial charge in [-0.05, 0) is 35.9 Å². The largest absolute Gasteiger partial charge is 0.507 e. The van der Waals surface area contributed by atoms with Crippen molar-refractivity contribution in [1.82, 2.24) is 10.1 Å². The number of nitrogens with zero attached hydrogens (tertiary/aromatic N) is 2. The summed E-state index contributed by atoms with van der Waals surface area (Å²) in [5, 5.41) is 15.8. The zero-order valence-corrected chi connectivity index (χ0v) is 12.8. The summed E-state index contributed by atoms with van der Waals surface area (Å²) in [7, 11) is 0. The maximum absolute atomic E-state index is 14.0. The molecule has 0 spiro atoms. The van der Waals surface area contributed by atoms with Crippen molar-refractivity contribution in [1.29, 1.82) is 0 Å². The molecule has 4 rings (SSSR count). The molecular formula is C19H13FN2O2. The van der Waals surface area contributed by atoms with Crippen molar-refractivity contribution in [3.63, 3.8) is 0 Å². The summed E-state index contributed by atoms with van der Waals surface area (Å²) in [5.41, 5.74) is 1.61. The Morgan fingerprint density at radius 3 is 2.75 bits per heavy atom. The van der Waals surface area contributed by atoms with E-state index in [9.17, 15) is 9.50 Å². The van der Waals surface area contributed by atoms with Crippen LogP contribution in [-0.2, 0) is 0 Å². The van der Waals surface area contributed by atoms with E-state index >= 15 is 0 Å².